The standard InChI is InChI=1S/C27H36O4/c1-7-9-10-21-11-13-22(14-12-21)26(28)31-25-20(6)16-19(5)17-23(25)24(15-18(3)4)27(29)30-8-2/h11-14,16-18,24H,7-10,15H2,1-6H3. The Morgan fingerprint density at radius 3 is 2.26 bits per heavy atom. The summed E-state index contributed by atoms with van der Waals surface area (Å²) in [6, 6.07) is 11.5. The van der Waals surface area contributed by atoms with Crippen LogP contribution < -0.4 is 4.74 Å². The van der Waals surface area contributed by atoms with Crippen molar-refractivity contribution in [2.75, 3.05) is 6.61 Å². The minimum atomic E-state index is -0.474. The minimum absolute atomic E-state index is 0.279. The molecular formula is C27H36O4. The monoisotopic (exact) mass is 424 g/mol. The van der Waals surface area contributed by atoms with Gasteiger partial charge in [-0.2, -0.15) is 0 Å². The molecular weight excluding hydrogens is 388 g/mol. The van der Waals surface area contributed by atoms with Gasteiger partial charge in [0.05, 0.1) is 18.1 Å². The van der Waals surface area contributed by atoms with Crippen molar-refractivity contribution in [3.63, 3.8) is 0 Å². The third-order valence-corrected chi connectivity index (χ3v) is 5.30. The fourth-order valence-corrected chi connectivity index (χ4v) is 3.79. The second-order valence-electron chi connectivity index (χ2n) is 8.62. The molecule has 0 saturated heterocycles. The highest BCUT2D eigenvalue weighted by Crippen LogP contribution is 2.36. The molecule has 4 nitrogen and oxygen atoms in total. The summed E-state index contributed by atoms with van der Waals surface area (Å²) in [6.07, 6.45) is 3.89. The van der Waals surface area contributed by atoms with Crippen molar-refractivity contribution in [3.8, 4) is 5.75 Å². The van der Waals surface area contributed by atoms with Crippen molar-refractivity contribution in [2.45, 2.75) is 73.1 Å². The highest BCUT2D eigenvalue weighted by molar-refractivity contribution is 5.92. The molecule has 2 rings (SSSR count). The fourth-order valence-electron chi connectivity index (χ4n) is 3.79. The number of esters is 2. The molecule has 0 amide bonds. The van der Waals surface area contributed by atoms with Crippen LogP contribution in [-0.2, 0) is 16.0 Å². The lowest BCUT2D eigenvalue weighted by Gasteiger charge is -2.22. The van der Waals surface area contributed by atoms with Crippen molar-refractivity contribution in [2.24, 2.45) is 5.92 Å². The molecule has 0 aliphatic heterocycles. The van der Waals surface area contributed by atoms with Gasteiger partial charge in [0.25, 0.3) is 0 Å². The Kier molecular flexibility index (Phi) is 9.29. The first-order chi connectivity index (χ1) is 14.8. The van der Waals surface area contributed by atoms with E-state index >= 15 is 0 Å². The van der Waals surface area contributed by atoms with Crippen molar-refractivity contribution in [1.29, 1.82) is 0 Å². The Labute approximate surface area is 187 Å². The van der Waals surface area contributed by atoms with Crippen LogP contribution in [0.25, 0.3) is 0 Å². The number of benzene rings is 2. The summed E-state index contributed by atoms with van der Waals surface area (Å²) >= 11 is 0. The lowest BCUT2D eigenvalue weighted by molar-refractivity contribution is -0.145. The summed E-state index contributed by atoms with van der Waals surface area (Å²) in [5.41, 5.74) is 4.29. The molecule has 0 heterocycles. The molecule has 0 bridgehead atoms. The normalized spacial score (nSPS) is 12.0. The second kappa shape index (κ2) is 11.7. The smallest absolute Gasteiger partial charge is 0.343 e. The predicted octanol–water partition coefficient (Wildman–Crippen LogP) is 6.56. The van der Waals surface area contributed by atoms with Crippen molar-refractivity contribution >= 4 is 11.9 Å². The van der Waals surface area contributed by atoms with Crippen LogP contribution in [0.2, 0.25) is 0 Å². The highest BCUT2D eigenvalue weighted by Gasteiger charge is 2.28. The van der Waals surface area contributed by atoms with E-state index in [1.54, 1.807) is 6.92 Å². The maximum Gasteiger partial charge on any atom is 0.343 e. The first kappa shape index (κ1) is 24.6. The lowest BCUT2D eigenvalue weighted by Crippen LogP contribution is -2.20. The van der Waals surface area contributed by atoms with E-state index in [9.17, 15) is 9.59 Å². The Balaban J connectivity index is 2.37. The Morgan fingerprint density at radius 1 is 1.00 bits per heavy atom. The lowest BCUT2D eigenvalue weighted by atomic mass is 9.87. The molecule has 1 atom stereocenters. The highest BCUT2D eigenvalue weighted by atomic mass is 16.5. The SMILES string of the molecule is CCCCc1ccc(C(=O)Oc2c(C)cc(C)cc2C(CC(C)C)C(=O)OCC)cc1. The third kappa shape index (κ3) is 6.95. The van der Waals surface area contributed by atoms with Crippen LogP contribution in [0.15, 0.2) is 36.4 Å². The molecule has 0 spiro atoms. The van der Waals surface area contributed by atoms with Crippen LogP contribution in [0.4, 0.5) is 0 Å². The number of rotatable bonds is 10. The summed E-state index contributed by atoms with van der Waals surface area (Å²) < 4.78 is 11.2. The number of unbranched alkanes of at least 4 members (excludes halogenated alkanes) is 1. The maximum atomic E-state index is 12.9. The van der Waals surface area contributed by atoms with Gasteiger partial charge in [-0.25, -0.2) is 4.79 Å². The van der Waals surface area contributed by atoms with E-state index in [-0.39, 0.29) is 11.9 Å². The molecule has 2 aromatic carbocycles. The van der Waals surface area contributed by atoms with Crippen LogP contribution in [0.3, 0.4) is 0 Å². The van der Waals surface area contributed by atoms with Gasteiger partial charge in [0.1, 0.15) is 5.75 Å². The van der Waals surface area contributed by atoms with Crippen molar-refractivity contribution in [1.82, 2.24) is 0 Å². The summed E-state index contributed by atoms with van der Waals surface area (Å²) in [4.78, 5) is 25.7. The van der Waals surface area contributed by atoms with Gasteiger partial charge in [-0.15, -0.1) is 0 Å². The first-order valence-electron chi connectivity index (χ1n) is 11.4. The second-order valence-corrected chi connectivity index (χ2v) is 8.62. The molecule has 1 unspecified atom stereocenters. The average Bonchev–Trinajstić information content (AvgIpc) is 2.72. The molecule has 0 fully saturated rings. The van der Waals surface area contributed by atoms with E-state index in [2.05, 4.69) is 20.8 Å². The van der Waals surface area contributed by atoms with Gasteiger partial charge in [-0.3, -0.25) is 4.79 Å². The Bertz CT molecular complexity index is 881. The zero-order valence-electron chi connectivity index (χ0n) is 19.8. The number of aryl methyl sites for hydroxylation is 3. The number of carbonyl (C=O) groups is 2. The van der Waals surface area contributed by atoms with Crippen molar-refractivity contribution < 1.29 is 19.1 Å². The molecule has 168 valence electrons. The average molecular weight is 425 g/mol. The summed E-state index contributed by atoms with van der Waals surface area (Å²) in [5, 5.41) is 0. The summed E-state index contributed by atoms with van der Waals surface area (Å²) in [6.45, 7) is 12.3. The number of hydrogen-bond donors (Lipinski definition) is 0. The number of ether oxygens (including phenoxy) is 2. The molecule has 31 heavy (non-hydrogen) atoms. The van der Waals surface area contributed by atoms with Crippen LogP contribution in [0.1, 0.15) is 85.5 Å². The van der Waals surface area contributed by atoms with Gasteiger partial charge in [0.2, 0.25) is 0 Å². The summed E-state index contributed by atoms with van der Waals surface area (Å²) in [7, 11) is 0. The molecule has 0 radical (unpaired) electrons. The Morgan fingerprint density at radius 2 is 1.68 bits per heavy atom. The molecule has 0 aromatic heterocycles. The summed E-state index contributed by atoms with van der Waals surface area (Å²) in [5.74, 6) is -0.419. The topological polar surface area (TPSA) is 52.6 Å². The molecule has 0 saturated carbocycles. The van der Waals surface area contributed by atoms with E-state index in [4.69, 9.17) is 9.47 Å². The van der Waals surface area contributed by atoms with Gasteiger partial charge in [0.15, 0.2) is 0 Å². The van der Waals surface area contributed by atoms with Crippen LogP contribution in [0, 0.1) is 19.8 Å². The number of carbonyl (C=O) groups excluding carboxylic acids is 2. The zero-order valence-corrected chi connectivity index (χ0v) is 19.8. The van der Waals surface area contributed by atoms with E-state index in [1.165, 1.54) is 5.56 Å². The Hall–Kier alpha value is -2.62. The van der Waals surface area contributed by atoms with E-state index in [1.807, 2.05) is 50.2 Å². The van der Waals surface area contributed by atoms with Gasteiger partial charge in [-0.1, -0.05) is 57.0 Å². The molecule has 2 aromatic rings. The maximum absolute atomic E-state index is 12.9. The van der Waals surface area contributed by atoms with Crippen LogP contribution in [-0.4, -0.2) is 18.5 Å². The zero-order chi connectivity index (χ0) is 23.0. The number of hydrogen-bond acceptors (Lipinski definition) is 4. The third-order valence-electron chi connectivity index (χ3n) is 5.30. The predicted molar refractivity (Wildman–Crippen MR) is 125 cm³/mol. The molecule has 0 aliphatic rings. The first-order valence-corrected chi connectivity index (χ1v) is 11.4. The van der Waals surface area contributed by atoms with E-state index < -0.39 is 11.9 Å². The minimum Gasteiger partial charge on any atom is -0.466 e. The van der Waals surface area contributed by atoms with Crippen LogP contribution >= 0.6 is 0 Å². The van der Waals surface area contributed by atoms with Gasteiger partial charge in [-0.05, 0) is 69.2 Å². The van der Waals surface area contributed by atoms with Gasteiger partial charge in [0, 0.05) is 5.56 Å². The molecule has 0 N–H and O–H groups in total. The molecule has 0 aliphatic carbocycles. The van der Waals surface area contributed by atoms with Crippen molar-refractivity contribution in [3.05, 3.63) is 64.2 Å². The van der Waals surface area contributed by atoms with E-state index in [0.717, 1.165) is 36.0 Å². The fraction of sp³-hybridized carbons (Fsp3) is 0.481. The van der Waals surface area contributed by atoms with Crippen LogP contribution in [0.5, 0.6) is 5.75 Å². The quantitative estimate of drug-likeness (QED) is 0.320. The van der Waals surface area contributed by atoms with Gasteiger partial charge >= 0.3 is 11.9 Å². The van der Waals surface area contributed by atoms with E-state index in [0.29, 0.717) is 24.3 Å². The largest absolute Gasteiger partial charge is 0.466 e. The van der Waals surface area contributed by atoms with Gasteiger partial charge < -0.3 is 9.47 Å². The molecule has 4 heteroatoms.